The summed E-state index contributed by atoms with van der Waals surface area (Å²) in [7, 11) is -3.78. The van der Waals surface area contributed by atoms with Gasteiger partial charge < -0.3 is 10.1 Å². The van der Waals surface area contributed by atoms with E-state index in [0.717, 1.165) is 0 Å². The van der Waals surface area contributed by atoms with E-state index in [2.05, 4.69) is 5.32 Å². The van der Waals surface area contributed by atoms with Crippen molar-refractivity contribution in [1.29, 1.82) is 5.26 Å². The van der Waals surface area contributed by atoms with Gasteiger partial charge >= 0.3 is 0 Å². The van der Waals surface area contributed by atoms with Crippen molar-refractivity contribution >= 4 is 21.6 Å². The smallest absolute Gasteiger partial charge is 0.244 e. The Morgan fingerprint density at radius 1 is 1.43 bits per heavy atom. The molecule has 0 aromatic heterocycles. The minimum atomic E-state index is -3.78. The van der Waals surface area contributed by atoms with Crippen LogP contribution in [0.2, 0.25) is 5.02 Å². The first-order chi connectivity index (χ1) is 10.1. The van der Waals surface area contributed by atoms with E-state index >= 15 is 0 Å². The molecule has 2 fully saturated rings. The second-order valence-electron chi connectivity index (χ2n) is 4.98. The van der Waals surface area contributed by atoms with Gasteiger partial charge in [0.1, 0.15) is 11.0 Å². The highest BCUT2D eigenvalue weighted by atomic mass is 35.5. The number of hydrogen-bond donors (Lipinski definition) is 1. The number of nitriles is 1. The molecule has 1 N–H and O–H groups in total. The highest BCUT2D eigenvalue weighted by Crippen LogP contribution is 2.29. The van der Waals surface area contributed by atoms with Crippen LogP contribution in [-0.2, 0) is 14.8 Å². The van der Waals surface area contributed by atoms with Crippen LogP contribution in [0.4, 0.5) is 0 Å². The van der Waals surface area contributed by atoms with Crippen LogP contribution in [-0.4, -0.2) is 51.1 Å². The molecule has 0 unspecified atom stereocenters. The lowest BCUT2D eigenvalue weighted by molar-refractivity contribution is -0.0149. The molecule has 0 saturated carbocycles. The van der Waals surface area contributed by atoms with Gasteiger partial charge in [-0.25, -0.2) is 8.42 Å². The normalized spacial score (nSPS) is 26.3. The van der Waals surface area contributed by atoms with Crippen LogP contribution in [0, 0.1) is 11.3 Å². The van der Waals surface area contributed by atoms with Crippen LogP contribution in [0.25, 0.3) is 0 Å². The Morgan fingerprint density at radius 3 is 3.00 bits per heavy atom. The molecule has 8 heteroatoms. The van der Waals surface area contributed by atoms with E-state index < -0.39 is 10.0 Å². The molecule has 3 rings (SSSR count). The topological polar surface area (TPSA) is 82.4 Å². The lowest BCUT2D eigenvalue weighted by Gasteiger charge is -2.36. The molecule has 2 heterocycles. The fourth-order valence-corrected chi connectivity index (χ4v) is 4.88. The molecule has 1 aromatic carbocycles. The summed E-state index contributed by atoms with van der Waals surface area (Å²) in [6, 6.07) is 6.12. The van der Waals surface area contributed by atoms with E-state index in [1.54, 1.807) is 6.07 Å². The van der Waals surface area contributed by atoms with E-state index in [0.29, 0.717) is 19.7 Å². The summed E-state index contributed by atoms with van der Waals surface area (Å²) in [4.78, 5) is -0.0370. The molecule has 2 atom stereocenters. The molecule has 0 spiro atoms. The van der Waals surface area contributed by atoms with Gasteiger partial charge in [-0.15, -0.1) is 0 Å². The highest BCUT2D eigenvalue weighted by Gasteiger charge is 2.43. The average Bonchev–Trinajstić information content (AvgIpc) is 2.95. The first-order valence-corrected chi connectivity index (χ1v) is 8.40. The molecular weight excluding hydrogens is 314 g/mol. The SMILES string of the molecule is N#Cc1c(Cl)cccc1S(=O)(=O)N1CCO[C@H]2CNC[C@H]21. The Bertz CT molecular complexity index is 701. The number of hydrogen-bond acceptors (Lipinski definition) is 5. The monoisotopic (exact) mass is 327 g/mol. The fraction of sp³-hybridized carbons (Fsp3) is 0.462. The molecule has 1 aromatic rings. The van der Waals surface area contributed by atoms with Crippen LogP contribution >= 0.6 is 11.6 Å². The van der Waals surface area contributed by atoms with Gasteiger partial charge in [0.2, 0.25) is 10.0 Å². The standard InChI is InChI=1S/C13H14ClN3O3S/c14-10-2-1-3-13(9(10)6-15)21(18,19)17-4-5-20-12-8-16-7-11(12)17/h1-3,11-12,16H,4-5,7-8H2/t11-,12+/m1/s1. The van der Waals surface area contributed by atoms with E-state index in [1.165, 1.54) is 16.4 Å². The van der Waals surface area contributed by atoms with Crippen molar-refractivity contribution in [1.82, 2.24) is 9.62 Å². The fourth-order valence-electron chi connectivity index (χ4n) is 2.81. The number of sulfonamides is 1. The minimum absolute atomic E-state index is 0.00633. The maximum Gasteiger partial charge on any atom is 0.244 e. The summed E-state index contributed by atoms with van der Waals surface area (Å²) in [5.74, 6) is 0. The molecule has 21 heavy (non-hydrogen) atoms. The zero-order valence-corrected chi connectivity index (χ0v) is 12.7. The van der Waals surface area contributed by atoms with Crippen molar-refractivity contribution in [3.63, 3.8) is 0 Å². The van der Waals surface area contributed by atoms with E-state index in [9.17, 15) is 13.7 Å². The average molecular weight is 328 g/mol. The summed E-state index contributed by atoms with van der Waals surface area (Å²) in [6.45, 7) is 1.82. The third-order valence-electron chi connectivity index (χ3n) is 3.82. The minimum Gasteiger partial charge on any atom is -0.374 e. The van der Waals surface area contributed by atoms with Crippen LogP contribution in [0.5, 0.6) is 0 Å². The third kappa shape index (κ3) is 2.43. The largest absolute Gasteiger partial charge is 0.374 e. The molecule has 2 aliphatic rings. The number of morpholine rings is 1. The van der Waals surface area contributed by atoms with Gasteiger partial charge in [0.25, 0.3) is 0 Å². The molecule has 2 saturated heterocycles. The zero-order valence-electron chi connectivity index (χ0n) is 11.1. The van der Waals surface area contributed by atoms with Gasteiger partial charge in [0, 0.05) is 19.6 Å². The van der Waals surface area contributed by atoms with Crippen molar-refractivity contribution in [3.8, 4) is 6.07 Å². The number of fused-ring (bicyclic) bond motifs is 1. The zero-order chi connectivity index (χ0) is 15.0. The molecule has 0 aliphatic carbocycles. The molecule has 0 amide bonds. The predicted molar refractivity (Wildman–Crippen MR) is 76.5 cm³/mol. The van der Waals surface area contributed by atoms with Crippen molar-refractivity contribution in [2.45, 2.75) is 17.0 Å². The Labute approximate surface area is 128 Å². The van der Waals surface area contributed by atoms with E-state index in [-0.39, 0.29) is 34.2 Å². The van der Waals surface area contributed by atoms with Gasteiger partial charge in [-0.05, 0) is 12.1 Å². The van der Waals surface area contributed by atoms with Crippen LogP contribution in [0.1, 0.15) is 5.56 Å². The van der Waals surface area contributed by atoms with Gasteiger partial charge in [-0.3, -0.25) is 0 Å². The summed E-state index contributed by atoms with van der Waals surface area (Å²) in [5, 5.41) is 12.5. The molecular formula is C13H14ClN3O3S. The molecule has 2 aliphatic heterocycles. The number of benzene rings is 1. The highest BCUT2D eigenvalue weighted by molar-refractivity contribution is 7.89. The molecule has 112 valence electrons. The second-order valence-corrected chi connectivity index (χ2v) is 7.24. The van der Waals surface area contributed by atoms with Gasteiger partial charge in [-0.1, -0.05) is 17.7 Å². The Hall–Kier alpha value is -1.17. The molecule has 0 bridgehead atoms. The Balaban J connectivity index is 2.05. The van der Waals surface area contributed by atoms with Gasteiger partial charge in [0.15, 0.2) is 0 Å². The quantitative estimate of drug-likeness (QED) is 0.859. The lowest BCUT2D eigenvalue weighted by atomic mass is 10.2. The van der Waals surface area contributed by atoms with E-state index in [1.807, 2.05) is 6.07 Å². The Morgan fingerprint density at radius 2 is 2.24 bits per heavy atom. The van der Waals surface area contributed by atoms with Gasteiger partial charge in [0.05, 0.1) is 29.3 Å². The van der Waals surface area contributed by atoms with Gasteiger partial charge in [-0.2, -0.15) is 9.57 Å². The first-order valence-electron chi connectivity index (χ1n) is 6.58. The maximum absolute atomic E-state index is 12.9. The summed E-state index contributed by atoms with van der Waals surface area (Å²) in [5.41, 5.74) is -0.00633. The van der Waals surface area contributed by atoms with E-state index in [4.69, 9.17) is 16.3 Å². The third-order valence-corrected chi connectivity index (χ3v) is 6.10. The summed E-state index contributed by atoms with van der Waals surface area (Å²) < 4.78 is 32.8. The molecule has 0 radical (unpaired) electrons. The Kier molecular flexibility index (Phi) is 3.90. The number of nitrogens with zero attached hydrogens (tertiary/aromatic N) is 2. The lowest BCUT2D eigenvalue weighted by Crippen LogP contribution is -2.53. The maximum atomic E-state index is 12.9. The predicted octanol–water partition coefficient (Wildman–Crippen LogP) is 0.573. The van der Waals surface area contributed by atoms with Crippen molar-refractivity contribution in [3.05, 3.63) is 28.8 Å². The first kappa shape index (κ1) is 14.8. The molecule has 6 nitrogen and oxygen atoms in total. The van der Waals surface area contributed by atoms with Crippen molar-refractivity contribution < 1.29 is 13.2 Å². The number of rotatable bonds is 2. The van der Waals surface area contributed by atoms with Crippen LogP contribution in [0.3, 0.4) is 0 Å². The van der Waals surface area contributed by atoms with Crippen LogP contribution in [0.15, 0.2) is 23.1 Å². The number of halogens is 1. The number of ether oxygens (including phenoxy) is 1. The number of nitrogens with one attached hydrogen (secondary N) is 1. The summed E-state index contributed by atoms with van der Waals surface area (Å²) in [6.07, 6.45) is -0.141. The van der Waals surface area contributed by atoms with Crippen molar-refractivity contribution in [2.24, 2.45) is 0 Å². The van der Waals surface area contributed by atoms with Crippen molar-refractivity contribution in [2.75, 3.05) is 26.2 Å². The van der Waals surface area contributed by atoms with Crippen LogP contribution < -0.4 is 5.32 Å². The summed E-state index contributed by atoms with van der Waals surface area (Å²) >= 11 is 5.94. The second kappa shape index (κ2) is 5.55.